The minimum atomic E-state index is -3.78. The summed E-state index contributed by atoms with van der Waals surface area (Å²) in [6.07, 6.45) is 7.43. The highest BCUT2D eigenvalue weighted by atomic mass is 35.7. The SMILES string of the molecule is CCCc1nc(S(=O)(=O)Cl)cn1CCc1nccn1C. The fourth-order valence-electron chi connectivity index (χ4n) is 2.02. The van der Waals surface area contributed by atoms with E-state index in [4.69, 9.17) is 10.7 Å². The maximum atomic E-state index is 11.4. The molecule has 0 spiro atoms. The van der Waals surface area contributed by atoms with E-state index in [2.05, 4.69) is 9.97 Å². The monoisotopic (exact) mass is 316 g/mol. The van der Waals surface area contributed by atoms with Gasteiger partial charge in [-0.05, 0) is 6.42 Å². The molecule has 2 rings (SSSR count). The van der Waals surface area contributed by atoms with Gasteiger partial charge in [-0.15, -0.1) is 0 Å². The summed E-state index contributed by atoms with van der Waals surface area (Å²) in [7, 11) is 3.49. The van der Waals surface area contributed by atoms with Crippen molar-refractivity contribution in [3.63, 3.8) is 0 Å². The first-order valence-corrected chi connectivity index (χ1v) is 8.69. The Balaban J connectivity index is 2.21. The van der Waals surface area contributed by atoms with Crippen molar-refractivity contribution in [3.8, 4) is 0 Å². The summed E-state index contributed by atoms with van der Waals surface area (Å²) in [5, 5.41) is -0.0811. The van der Waals surface area contributed by atoms with E-state index in [9.17, 15) is 8.42 Å². The van der Waals surface area contributed by atoms with Gasteiger partial charge in [0.05, 0.1) is 0 Å². The van der Waals surface area contributed by atoms with E-state index < -0.39 is 9.05 Å². The number of halogens is 1. The standard InChI is InChI=1S/C12H17ClN4O2S/c1-3-4-11-15-12(20(13,18)19)9-17(11)7-5-10-14-6-8-16(10)2/h6,8-9H,3-5,7H2,1-2H3. The largest absolute Gasteiger partial charge is 0.338 e. The second-order valence-electron chi connectivity index (χ2n) is 4.58. The number of aryl methyl sites for hydroxylation is 4. The van der Waals surface area contributed by atoms with Crippen LogP contribution in [0.4, 0.5) is 0 Å². The molecular weight excluding hydrogens is 300 g/mol. The second kappa shape index (κ2) is 5.97. The number of hydrogen-bond donors (Lipinski definition) is 0. The molecule has 0 saturated carbocycles. The molecule has 0 aromatic carbocycles. The van der Waals surface area contributed by atoms with E-state index in [0.29, 0.717) is 19.4 Å². The van der Waals surface area contributed by atoms with Crippen LogP contribution in [0.2, 0.25) is 0 Å². The van der Waals surface area contributed by atoms with Crippen LogP contribution in [0.1, 0.15) is 25.0 Å². The fourth-order valence-corrected chi connectivity index (χ4v) is 2.71. The summed E-state index contributed by atoms with van der Waals surface area (Å²) < 4.78 is 26.5. The molecule has 110 valence electrons. The van der Waals surface area contributed by atoms with Gasteiger partial charge in [0.15, 0.2) is 5.03 Å². The Morgan fingerprint density at radius 1 is 1.30 bits per heavy atom. The van der Waals surface area contributed by atoms with E-state index in [0.717, 1.165) is 18.1 Å². The van der Waals surface area contributed by atoms with Crippen molar-refractivity contribution >= 4 is 19.7 Å². The van der Waals surface area contributed by atoms with Crippen LogP contribution in [0.25, 0.3) is 0 Å². The Morgan fingerprint density at radius 2 is 2.05 bits per heavy atom. The van der Waals surface area contributed by atoms with Crippen molar-refractivity contribution in [2.45, 2.75) is 37.8 Å². The summed E-state index contributed by atoms with van der Waals surface area (Å²) in [6, 6.07) is 0. The summed E-state index contributed by atoms with van der Waals surface area (Å²) in [6.45, 7) is 2.65. The van der Waals surface area contributed by atoms with Gasteiger partial charge in [-0.25, -0.2) is 18.4 Å². The van der Waals surface area contributed by atoms with Crippen LogP contribution in [0, 0.1) is 0 Å². The van der Waals surface area contributed by atoms with E-state index in [1.807, 2.05) is 29.3 Å². The molecule has 2 heterocycles. The highest BCUT2D eigenvalue weighted by Crippen LogP contribution is 2.16. The van der Waals surface area contributed by atoms with Crippen LogP contribution < -0.4 is 0 Å². The molecule has 0 unspecified atom stereocenters. The number of rotatable bonds is 6. The maximum absolute atomic E-state index is 11.4. The van der Waals surface area contributed by atoms with Crippen LogP contribution in [0.5, 0.6) is 0 Å². The molecule has 8 heteroatoms. The van der Waals surface area contributed by atoms with Crippen LogP contribution in [-0.4, -0.2) is 27.5 Å². The Morgan fingerprint density at radius 3 is 2.60 bits per heavy atom. The lowest BCUT2D eigenvalue weighted by atomic mass is 10.3. The lowest BCUT2D eigenvalue weighted by Gasteiger charge is -2.06. The van der Waals surface area contributed by atoms with E-state index in [-0.39, 0.29) is 5.03 Å². The third kappa shape index (κ3) is 3.40. The van der Waals surface area contributed by atoms with Gasteiger partial charge in [-0.3, -0.25) is 0 Å². The van der Waals surface area contributed by atoms with E-state index in [1.54, 1.807) is 6.20 Å². The first-order valence-electron chi connectivity index (χ1n) is 6.38. The van der Waals surface area contributed by atoms with Gasteiger partial charge in [0, 0.05) is 55.7 Å². The van der Waals surface area contributed by atoms with Crippen molar-refractivity contribution in [1.29, 1.82) is 0 Å². The summed E-state index contributed by atoms with van der Waals surface area (Å²) in [5.41, 5.74) is 0. The first-order chi connectivity index (χ1) is 9.41. The molecule has 6 nitrogen and oxygen atoms in total. The minimum absolute atomic E-state index is 0.0811. The predicted molar refractivity (Wildman–Crippen MR) is 76.2 cm³/mol. The van der Waals surface area contributed by atoms with Gasteiger partial charge in [0.25, 0.3) is 9.05 Å². The topological polar surface area (TPSA) is 69.8 Å². The number of hydrogen-bond acceptors (Lipinski definition) is 4. The Hall–Kier alpha value is -1.34. The van der Waals surface area contributed by atoms with Crippen LogP contribution >= 0.6 is 10.7 Å². The van der Waals surface area contributed by atoms with Crippen LogP contribution in [0.15, 0.2) is 23.6 Å². The molecule has 0 aliphatic carbocycles. The third-order valence-corrected chi connectivity index (χ3v) is 4.23. The first kappa shape index (κ1) is 15.1. The van der Waals surface area contributed by atoms with Crippen molar-refractivity contribution in [2.24, 2.45) is 7.05 Å². The van der Waals surface area contributed by atoms with Gasteiger partial charge in [0.1, 0.15) is 11.6 Å². The summed E-state index contributed by atoms with van der Waals surface area (Å²) >= 11 is 0. The average Bonchev–Trinajstić information content (AvgIpc) is 2.93. The van der Waals surface area contributed by atoms with Crippen molar-refractivity contribution < 1.29 is 8.42 Å². The third-order valence-electron chi connectivity index (χ3n) is 3.06. The molecule has 2 aromatic heterocycles. The fraction of sp³-hybridized carbons (Fsp3) is 0.500. The molecule has 0 aliphatic rings. The highest BCUT2D eigenvalue weighted by molar-refractivity contribution is 8.13. The zero-order valence-corrected chi connectivity index (χ0v) is 13.0. The molecule has 0 amide bonds. The van der Waals surface area contributed by atoms with Crippen molar-refractivity contribution in [3.05, 3.63) is 30.2 Å². The lowest BCUT2D eigenvalue weighted by molar-refractivity contribution is 0.606. The molecule has 0 radical (unpaired) electrons. The Labute approximate surface area is 122 Å². The van der Waals surface area contributed by atoms with Gasteiger partial charge < -0.3 is 9.13 Å². The van der Waals surface area contributed by atoms with Crippen LogP contribution in [0.3, 0.4) is 0 Å². The number of imidazole rings is 2. The normalized spacial score (nSPS) is 11.9. The molecule has 0 saturated heterocycles. The van der Waals surface area contributed by atoms with Gasteiger partial charge in [-0.2, -0.15) is 0 Å². The highest BCUT2D eigenvalue weighted by Gasteiger charge is 2.17. The van der Waals surface area contributed by atoms with Crippen LogP contribution in [-0.2, 0) is 35.5 Å². The Kier molecular flexibility index (Phi) is 4.49. The summed E-state index contributed by atoms with van der Waals surface area (Å²) in [5.74, 6) is 1.68. The maximum Gasteiger partial charge on any atom is 0.280 e. The smallest absolute Gasteiger partial charge is 0.280 e. The predicted octanol–water partition coefficient (Wildman–Crippen LogP) is 1.74. The molecule has 0 N–H and O–H groups in total. The zero-order chi connectivity index (χ0) is 14.8. The molecule has 0 fully saturated rings. The molecule has 20 heavy (non-hydrogen) atoms. The molecular formula is C12H17ClN4O2S. The molecule has 2 aromatic rings. The zero-order valence-electron chi connectivity index (χ0n) is 11.5. The number of nitrogens with zero attached hydrogens (tertiary/aromatic N) is 4. The lowest BCUT2D eigenvalue weighted by Crippen LogP contribution is -2.08. The van der Waals surface area contributed by atoms with Gasteiger partial charge in [0.2, 0.25) is 0 Å². The van der Waals surface area contributed by atoms with Gasteiger partial charge >= 0.3 is 0 Å². The average molecular weight is 317 g/mol. The summed E-state index contributed by atoms with van der Waals surface area (Å²) in [4.78, 5) is 8.36. The number of aromatic nitrogens is 4. The Bertz CT molecular complexity index is 690. The van der Waals surface area contributed by atoms with E-state index >= 15 is 0 Å². The molecule has 0 atom stereocenters. The van der Waals surface area contributed by atoms with Crippen molar-refractivity contribution in [1.82, 2.24) is 19.1 Å². The minimum Gasteiger partial charge on any atom is -0.338 e. The second-order valence-corrected chi connectivity index (χ2v) is 7.09. The quantitative estimate of drug-likeness (QED) is 0.761. The molecule has 0 aliphatic heterocycles. The van der Waals surface area contributed by atoms with E-state index in [1.165, 1.54) is 6.20 Å². The van der Waals surface area contributed by atoms with Crippen molar-refractivity contribution in [2.75, 3.05) is 0 Å². The van der Waals surface area contributed by atoms with Gasteiger partial charge in [-0.1, -0.05) is 6.92 Å². The molecule has 0 bridgehead atoms.